The highest BCUT2D eigenvalue weighted by atomic mass is 16.5. The number of guanidine groups is 1. The fraction of sp³-hybridized carbons (Fsp3) is 0.882. The van der Waals surface area contributed by atoms with Crippen molar-refractivity contribution in [2.75, 3.05) is 33.3 Å². The summed E-state index contributed by atoms with van der Waals surface area (Å²) in [5.41, 5.74) is 0. The van der Waals surface area contributed by atoms with E-state index in [-0.39, 0.29) is 11.9 Å². The molecule has 0 radical (unpaired) electrons. The van der Waals surface area contributed by atoms with E-state index >= 15 is 0 Å². The summed E-state index contributed by atoms with van der Waals surface area (Å²) in [6, 6.07) is 0. The Morgan fingerprint density at radius 2 is 2.00 bits per heavy atom. The second kappa shape index (κ2) is 10.5. The summed E-state index contributed by atoms with van der Waals surface area (Å²) >= 11 is 0. The first-order valence-electron chi connectivity index (χ1n) is 8.69. The van der Waals surface area contributed by atoms with Gasteiger partial charge < -0.3 is 15.0 Å². The van der Waals surface area contributed by atoms with Gasteiger partial charge in [0, 0.05) is 26.2 Å². The van der Waals surface area contributed by atoms with E-state index in [2.05, 4.69) is 31.0 Å². The number of hydrogen-bond donors (Lipinski definition) is 1. The van der Waals surface area contributed by atoms with Gasteiger partial charge in [0.05, 0.1) is 13.0 Å². The minimum atomic E-state index is -0.0738. The van der Waals surface area contributed by atoms with E-state index in [1.54, 1.807) is 0 Å². The normalized spacial score (nSPS) is 17.0. The van der Waals surface area contributed by atoms with Crippen LogP contribution in [0.3, 0.4) is 0 Å². The van der Waals surface area contributed by atoms with Crippen molar-refractivity contribution in [3.8, 4) is 0 Å². The Hall–Kier alpha value is -1.26. The monoisotopic (exact) mass is 311 g/mol. The number of piperidine rings is 1. The fourth-order valence-corrected chi connectivity index (χ4v) is 2.77. The molecule has 1 aliphatic rings. The van der Waals surface area contributed by atoms with Crippen LogP contribution in [0.25, 0.3) is 0 Å². The zero-order chi connectivity index (χ0) is 16.4. The number of ether oxygens (including phenoxy) is 1. The van der Waals surface area contributed by atoms with Crippen LogP contribution < -0.4 is 5.32 Å². The summed E-state index contributed by atoms with van der Waals surface area (Å²) < 4.78 is 4.84. The summed E-state index contributed by atoms with van der Waals surface area (Å²) in [6.45, 7) is 10.1. The number of nitrogens with zero attached hydrogens (tertiary/aromatic N) is 2. The molecule has 0 bridgehead atoms. The van der Waals surface area contributed by atoms with Crippen LogP contribution in [0.1, 0.15) is 52.9 Å². The van der Waals surface area contributed by atoms with Gasteiger partial charge in [-0.2, -0.15) is 0 Å². The third kappa shape index (κ3) is 6.67. The average Bonchev–Trinajstić information content (AvgIpc) is 2.52. The average molecular weight is 311 g/mol. The summed E-state index contributed by atoms with van der Waals surface area (Å²) in [4.78, 5) is 18.6. The maximum Gasteiger partial charge on any atom is 0.308 e. The molecule has 0 saturated carbocycles. The SMILES string of the molecule is CCNC(=NCCCCC(C)C)N1CCC(C(=O)OC)CC1. The highest BCUT2D eigenvalue weighted by molar-refractivity contribution is 5.80. The van der Waals surface area contributed by atoms with Crippen LogP contribution in [0.4, 0.5) is 0 Å². The Balaban J connectivity index is 2.41. The highest BCUT2D eigenvalue weighted by Gasteiger charge is 2.26. The molecule has 128 valence electrons. The van der Waals surface area contributed by atoms with Crippen molar-refractivity contribution in [2.24, 2.45) is 16.8 Å². The van der Waals surface area contributed by atoms with E-state index in [9.17, 15) is 4.79 Å². The number of aliphatic imine (C=N–C) groups is 1. The summed E-state index contributed by atoms with van der Waals surface area (Å²) in [7, 11) is 1.47. The molecule has 1 saturated heterocycles. The number of rotatable bonds is 7. The Morgan fingerprint density at radius 3 is 2.55 bits per heavy atom. The van der Waals surface area contributed by atoms with Gasteiger partial charge in [-0.25, -0.2) is 0 Å². The summed E-state index contributed by atoms with van der Waals surface area (Å²) in [5.74, 6) is 1.75. The molecule has 0 spiro atoms. The highest BCUT2D eigenvalue weighted by Crippen LogP contribution is 2.18. The Kier molecular flexibility index (Phi) is 8.94. The number of likely N-dealkylation sites (tertiary alicyclic amines) is 1. The number of hydrogen-bond acceptors (Lipinski definition) is 3. The van der Waals surface area contributed by atoms with Gasteiger partial charge >= 0.3 is 5.97 Å². The molecule has 1 N–H and O–H groups in total. The summed E-state index contributed by atoms with van der Waals surface area (Å²) in [6.07, 6.45) is 5.36. The molecule has 0 aromatic heterocycles. The minimum absolute atomic E-state index is 0.0511. The van der Waals surface area contributed by atoms with Gasteiger partial charge in [-0.3, -0.25) is 9.79 Å². The van der Waals surface area contributed by atoms with Crippen molar-refractivity contribution in [2.45, 2.75) is 52.9 Å². The van der Waals surface area contributed by atoms with E-state index in [0.717, 1.165) is 57.3 Å². The predicted molar refractivity (Wildman–Crippen MR) is 91.0 cm³/mol. The molecule has 5 heteroatoms. The molecule has 0 atom stereocenters. The molecule has 1 heterocycles. The lowest BCUT2D eigenvalue weighted by Gasteiger charge is -2.33. The number of carbonyl (C=O) groups excluding carboxylic acids is 1. The smallest absolute Gasteiger partial charge is 0.308 e. The molecule has 1 aliphatic heterocycles. The molecule has 0 aromatic carbocycles. The Labute approximate surface area is 135 Å². The minimum Gasteiger partial charge on any atom is -0.469 e. The van der Waals surface area contributed by atoms with E-state index in [0.29, 0.717) is 0 Å². The van der Waals surface area contributed by atoms with Crippen LogP contribution in [-0.2, 0) is 9.53 Å². The molecular formula is C17H33N3O2. The van der Waals surface area contributed by atoms with Gasteiger partial charge in [-0.1, -0.05) is 26.7 Å². The van der Waals surface area contributed by atoms with E-state index in [1.807, 2.05) is 0 Å². The number of nitrogens with one attached hydrogen (secondary N) is 1. The zero-order valence-corrected chi connectivity index (χ0v) is 14.7. The first-order chi connectivity index (χ1) is 10.6. The van der Waals surface area contributed by atoms with Crippen LogP contribution >= 0.6 is 0 Å². The third-order valence-electron chi connectivity index (χ3n) is 4.12. The van der Waals surface area contributed by atoms with E-state index in [1.165, 1.54) is 20.0 Å². The molecule has 0 unspecified atom stereocenters. The second-order valence-electron chi connectivity index (χ2n) is 6.41. The first-order valence-corrected chi connectivity index (χ1v) is 8.69. The Bertz CT molecular complexity index is 348. The number of esters is 1. The van der Waals surface area contributed by atoms with Crippen molar-refractivity contribution >= 4 is 11.9 Å². The maximum atomic E-state index is 11.6. The fourth-order valence-electron chi connectivity index (χ4n) is 2.77. The second-order valence-corrected chi connectivity index (χ2v) is 6.41. The number of methoxy groups -OCH3 is 1. The van der Waals surface area contributed by atoms with Crippen LogP contribution in [-0.4, -0.2) is 50.1 Å². The van der Waals surface area contributed by atoms with Crippen molar-refractivity contribution < 1.29 is 9.53 Å². The van der Waals surface area contributed by atoms with Crippen LogP contribution in [0.2, 0.25) is 0 Å². The van der Waals surface area contributed by atoms with Crippen molar-refractivity contribution in [1.29, 1.82) is 0 Å². The van der Waals surface area contributed by atoms with E-state index < -0.39 is 0 Å². The molecule has 22 heavy (non-hydrogen) atoms. The van der Waals surface area contributed by atoms with Crippen LogP contribution in [0.5, 0.6) is 0 Å². The van der Waals surface area contributed by atoms with Gasteiger partial charge in [0.15, 0.2) is 5.96 Å². The van der Waals surface area contributed by atoms with Crippen LogP contribution in [0, 0.1) is 11.8 Å². The molecule has 0 aromatic rings. The van der Waals surface area contributed by atoms with Crippen molar-refractivity contribution in [3.63, 3.8) is 0 Å². The molecule has 1 rings (SSSR count). The molecule has 5 nitrogen and oxygen atoms in total. The van der Waals surface area contributed by atoms with Crippen molar-refractivity contribution in [1.82, 2.24) is 10.2 Å². The van der Waals surface area contributed by atoms with E-state index in [4.69, 9.17) is 9.73 Å². The molecule has 0 amide bonds. The quantitative estimate of drug-likeness (QED) is 0.340. The van der Waals surface area contributed by atoms with Crippen molar-refractivity contribution in [3.05, 3.63) is 0 Å². The van der Waals surface area contributed by atoms with Gasteiger partial charge in [0.2, 0.25) is 0 Å². The third-order valence-corrected chi connectivity index (χ3v) is 4.12. The largest absolute Gasteiger partial charge is 0.469 e. The lowest BCUT2D eigenvalue weighted by molar-refractivity contribution is -0.146. The first kappa shape index (κ1) is 18.8. The zero-order valence-electron chi connectivity index (χ0n) is 14.7. The molecular weight excluding hydrogens is 278 g/mol. The molecule has 0 aliphatic carbocycles. The standard InChI is InChI=1S/C17H33N3O2/c1-5-18-17(19-11-7-6-8-14(2)3)20-12-9-15(10-13-20)16(21)22-4/h14-15H,5-13H2,1-4H3,(H,18,19). The predicted octanol–water partition coefficient (Wildman–Crippen LogP) is 2.66. The summed E-state index contributed by atoms with van der Waals surface area (Å²) in [5, 5.41) is 3.37. The lowest BCUT2D eigenvalue weighted by Crippen LogP contribution is -2.46. The Morgan fingerprint density at radius 1 is 1.32 bits per heavy atom. The van der Waals surface area contributed by atoms with Crippen LogP contribution in [0.15, 0.2) is 4.99 Å². The van der Waals surface area contributed by atoms with Gasteiger partial charge in [-0.05, 0) is 32.1 Å². The number of carbonyl (C=O) groups is 1. The topological polar surface area (TPSA) is 53.9 Å². The van der Waals surface area contributed by atoms with Gasteiger partial charge in [-0.15, -0.1) is 0 Å². The maximum absolute atomic E-state index is 11.6. The number of unbranched alkanes of at least 4 members (excludes halogenated alkanes) is 1. The molecule has 1 fully saturated rings. The van der Waals surface area contributed by atoms with Gasteiger partial charge in [0.25, 0.3) is 0 Å². The van der Waals surface area contributed by atoms with Gasteiger partial charge in [0.1, 0.15) is 0 Å². The lowest BCUT2D eigenvalue weighted by atomic mass is 9.97.